The van der Waals surface area contributed by atoms with Crippen LogP contribution in [0.2, 0.25) is 0 Å². The van der Waals surface area contributed by atoms with Crippen LogP contribution in [-0.4, -0.2) is 38.3 Å². The van der Waals surface area contributed by atoms with E-state index in [0.717, 1.165) is 43.5 Å². The Morgan fingerprint density at radius 1 is 1.19 bits per heavy atom. The van der Waals surface area contributed by atoms with E-state index in [1.165, 1.54) is 30.4 Å². The Bertz CT molecular complexity index is 500. The van der Waals surface area contributed by atoms with E-state index < -0.39 is 0 Å². The summed E-state index contributed by atoms with van der Waals surface area (Å²) < 4.78 is 10.8. The second kappa shape index (κ2) is 6.24. The van der Waals surface area contributed by atoms with Gasteiger partial charge in [0.25, 0.3) is 0 Å². The van der Waals surface area contributed by atoms with E-state index in [2.05, 4.69) is 17.0 Å². The number of ether oxygens (including phenoxy) is 2. The average Bonchev–Trinajstić information content (AvgIpc) is 2.48. The van der Waals surface area contributed by atoms with Crippen LogP contribution in [-0.2, 0) is 13.0 Å². The molecule has 1 aliphatic heterocycles. The Morgan fingerprint density at radius 3 is 2.38 bits per heavy atom. The Labute approximate surface area is 127 Å². The summed E-state index contributed by atoms with van der Waals surface area (Å²) in [5, 5.41) is 0. The molecule has 0 bridgehead atoms. The number of fused-ring (bicyclic) bond motifs is 1. The first-order valence-electron chi connectivity index (χ1n) is 7.94. The lowest BCUT2D eigenvalue weighted by molar-refractivity contribution is 0.0891. The van der Waals surface area contributed by atoms with Crippen LogP contribution in [0.15, 0.2) is 12.1 Å². The molecule has 1 aliphatic carbocycles. The number of hydrogen-bond acceptors (Lipinski definition) is 4. The van der Waals surface area contributed by atoms with Crippen molar-refractivity contribution < 1.29 is 9.47 Å². The lowest BCUT2D eigenvalue weighted by atomic mass is 9.78. The number of nitrogens with two attached hydrogens (primary N) is 1. The zero-order valence-corrected chi connectivity index (χ0v) is 13.1. The van der Waals surface area contributed by atoms with Gasteiger partial charge in [-0.2, -0.15) is 0 Å². The average molecular weight is 290 g/mol. The molecule has 4 heteroatoms. The molecular weight excluding hydrogens is 264 g/mol. The summed E-state index contributed by atoms with van der Waals surface area (Å²) in [6, 6.07) is 4.81. The van der Waals surface area contributed by atoms with E-state index >= 15 is 0 Å². The van der Waals surface area contributed by atoms with E-state index in [1.54, 1.807) is 14.2 Å². The van der Waals surface area contributed by atoms with E-state index in [4.69, 9.17) is 15.2 Å². The summed E-state index contributed by atoms with van der Waals surface area (Å²) in [5.74, 6) is 2.46. The normalized spacial score (nSPS) is 20.5. The van der Waals surface area contributed by atoms with Crippen molar-refractivity contribution in [3.05, 3.63) is 23.3 Å². The van der Waals surface area contributed by atoms with Crippen LogP contribution in [0.4, 0.5) is 0 Å². The molecule has 2 aliphatic rings. The first-order valence-corrected chi connectivity index (χ1v) is 7.94. The van der Waals surface area contributed by atoms with Gasteiger partial charge in [0.1, 0.15) is 0 Å². The van der Waals surface area contributed by atoms with Crippen molar-refractivity contribution in [1.29, 1.82) is 0 Å². The van der Waals surface area contributed by atoms with Gasteiger partial charge in [0.15, 0.2) is 11.5 Å². The number of methoxy groups -OCH3 is 2. The summed E-state index contributed by atoms with van der Waals surface area (Å²) in [6.07, 6.45) is 5.13. The molecule has 0 amide bonds. The van der Waals surface area contributed by atoms with Gasteiger partial charge in [0, 0.05) is 25.7 Å². The predicted molar refractivity (Wildman–Crippen MR) is 83.8 cm³/mol. The smallest absolute Gasteiger partial charge is 0.161 e. The second-order valence-electron chi connectivity index (χ2n) is 6.19. The van der Waals surface area contributed by atoms with Crippen LogP contribution in [0.3, 0.4) is 0 Å². The third-order valence-corrected chi connectivity index (χ3v) is 5.15. The number of nitrogens with zero attached hydrogens (tertiary/aromatic N) is 1. The minimum atomic E-state index is 0.542. The fraction of sp³-hybridized carbons (Fsp3) is 0.647. The third-order valence-electron chi connectivity index (χ3n) is 5.15. The molecule has 1 fully saturated rings. The molecule has 1 unspecified atom stereocenters. The van der Waals surface area contributed by atoms with Gasteiger partial charge in [-0.25, -0.2) is 0 Å². The van der Waals surface area contributed by atoms with Gasteiger partial charge in [0.05, 0.1) is 14.2 Å². The van der Waals surface area contributed by atoms with Crippen LogP contribution in [0.5, 0.6) is 11.5 Å². The van der Waals surface area contributed by atoms with Gasteiger partial charge in [0.2, 0.25) is 0 Å². The second-order valence-corrected chi connectivity index (χ2v) is 6.19. The monoisotopic (exact) mass is 290 g/mol. The van der Waals surface area contributed by atoms with E-state index in [0.29, 0.717) is 6.04 Å². The van der Waals surface area contributed by atoms with Crippen LogP contribution < -0.4 is 15.2 Å². The molecule has 1 aromatic carbocycles. The first-order chi connectivity index (χ1) is 10.3. The Hall–Kier alpha value is -1.26. The quantitative estimate of drug-likeness (QED) is 0.903. The van der Waals surface area contributed by atoms with Crippen molar-refractivity contribution in [3.8, 4) is 11.5 Å². The summed E-state index contributed by atoms with van der Waals surface area (Å²) in [6.45, 7) is 2.85. The van der Waals surface area contributed by atoms with Gasteiger partial charge >= 0.3 is 0 Å². The Balaban J connectivity index is 1.80. The van der Waals surface area contributed by atoms with Crippen molar-refractivity contribution in [2.75, 3.05) is 27.3 Å². The van der Waals surface area contributed by atoms with Gasteiger partial charge in [-0.3, -0.25) is 4.90 Å². The molecule has 0 saturated heterocycles. The zero-order chi connectivity index (χ0) is 14.8. The van der Waals surface area contributed by atoms with Gasteiger partial charge in [-0.05, 0) is 48.4 Å². The largest absolute Gasteiger partial charge is 0.493 e. The zero-order valence-electron chi connectivity index (χ0n) is 13.1. The lowest BCUT2D eigenvalue weighted by Gasteiger charge is -2.42. The molecular formula is C17H26N2O2. The molecule has 1 saturated carbocycles. The summed E-state index contributed by atoms with van der Waals surface area (Å²) in [7, 11) is 3.39. The molecule has 0 spiro atoms. The molecule has 1 atom stereocenters. The van der Waals surface area contributed by atoms with E-state index in [9.17, 15) is 0 Å². The first kappa shape index (κ1) is 14.7. The van der Waals surface area contributed by atoms with Crippen molar-refractivity contribution in [3.63, 3.8) is 0 Å². The summed E-state index contributed by atoms with van der Waals surface area (Å²) >= 11 is 0. The van der Waals surface area contributed by atoms with E-state index in [1.807, 2.05) is 0 Å². The standard InChI is InChI=1S/C17H26N2O2/c1-20-16-8-13-6-7-19(11-14(13)9-17(16)21-2)15(10-18)12-4-3-5-12/h8-9,12,15H,3-7,10-11,18H2,1-2H3. The van der Waals surface area contributed by atoms with Crippen LogP contribution in [0.25, 0.3) is 0 Å². The summed E-state index contributed by atoms with van der Waals surface area (Å²) in [5.41, 5.74) is 8.79. The van der Waals surface area contributed by atoms with E-state index in [-0.39, 0.29) is 0 Å². The predicted octanol–water partition coefficient (Wildman–Crippen LogP) is 2.19. The highest BCUT2D eigenvalue weighted by atomic mass is 16.5. The van der Waals surface area contributed by atoms with Gasteiger partial charge < -0.3 is 15.2 Å². The van der Waals surface area contributed by atoms with Crippen molar-refractivity contribution in [2.24, 2.45) is 11.7 Å². The molecule has 21 heavy (non-hydrogen) atoms. The molecule has 0 radical (unpaired) electrons. The van der Waals surface area contributed by atoms with Gasteiger partial charge in [-0.1, -0.05) is 6.42 Å². The van der Waals surface area contributed by atoms with Crippen molar-refractivity contribution in [1.82, 2.24) is 4.90 Å². The molecule has 1 heterocycles. The maximum Gasteiger partial charge on any atom is 0.161 e. The minimum Gasteiger partial charge on any atom is -0.493 e. The molecule has 3 rings (SSSR count). The fourth-order valence-corrected chi connectivity index (χ4v) is 3.65. The highest BCUT2D eigenvalue weighted by molar-refractivity contribution is 5.48. The summed E-state index contributed by atoms with van der Waals surface area (Å²) in [4.78, 5) is 2.57. The maximum atomic E-state index is 6.05. The molecule has 4 nitrogen and oxygen atoms in total. The fourth-order valence-electron chi connectivity index (χ4n) is 3.65. The lowest BCUT2D eigenvalue weighted by Crippen LogP contribution is -2.49. The topological polar surface area (TPSA) is 47.7 Å². The molecule has 116 valence electrons. The Morgan fingerprint density at radius 2 is 1.86 bits per heavy atom. The molecule has 2 N–H and O–H groups in total. The highest BCUT2D eigenvalue weighted by Crippen LogP contribution is 2.36. The highest BCUT2D eigenvalue weighted by Gasteiger charge is 2.32. The Kier molecular flexibility index (Phi) is 4.36. The van der Waals surface area contributed by atoms with Crippen molar-refractivity contribution >= 4 is 0 Å². The van der Waals surface area contributed by atoms with Crippen LogP contribution >= 0.6 is 0 Å². The van der Waals surface area contributed by atoms with Gasteiger partial charge in [-0.15, -0.1) is 0 Å². The minimum absolute atomic E-state index is 0.542. The maximum absolute atomic E-state index is 6.05. The van der Waals surface area contributed by atoms with Crippen LogP contribution in [0.1, 0.15) is 30.4 Å². The van der Waals surface area contributed by atoms with Crippen molar-refractivity contribution in [2.45, 2.75) is 38.3 Å². The van der Waals surface area contributed by atoms with Crippen LogP contribution in [0, 0.1) is 5.92 Å². The molecule has 0 aromatic heterocycles. The third kappa shape index (κ3) is 2.74. The number of rotatable bonds is 5. The molecule has 1 aromatic rings. The number of benzene rings is 1. The SMILES string of the molecule is COc1cc2c(cc1OC)CN(C(CN)C1CCC1)CC2. The number of hydrogen-bond donors (Lipinski definition) is 1.